The number of rotatable bonds is 4. The number of hydrogen-bond acceptors (Lipinski definition) is 4. The van der Waals surface area contributed by atoms with Crippen LogP contribution in [0.15, 0.2) is 12.1 Å². The van der Waals surface area contributed by atoms with Crippen LogP contribution in [0.4, 0.5) is 5.82 Å². The van der Waals surface area contributed by atoms with Crippen LogP contribution in [0.5, 0.6) is 0 Å². The molecule has 0 aromatic carbocycles. The van der Waals surface area contributed by atoms with Crippen LogP contribution in [0.1, 0.15) is 35.3 Å². The summed E-state index contributed by atoms with van der Waals surface area (Å²) in [4.78, 5) is 28.9. The highest BCUT2D eigenvalue weighted by molar-refractivity contribution is 5.89. The minimum Gasteiger partial charge on any atom is -0.478 e. The summed E-state index contributed by atoms with van der Waals surface area (Å²) in [5.41, 5.74) is 0.617. The molecule has 0 saturated carbocycles. The van der Waals surface area contributed by atoms with Gasteiger partial charge in [-0.15, -0.1) is 0 Å². The van der Waals surface area contributed by atoms with Crippen LogP contribution < -0.4 is 5.32 Å². The van der Waals surface area contributed by atoms with Gasteiger partial charge < -0.3 is 15.3 Å². The van der Waals surface area contributed by atoms with Crippen molar-refractivity contribution in [1.29, 1.82) is 0 Å². The topological polar surface area (TPSA) is 82.5 Å². The Balaban J connectivity index is 1.92. The standard InChI is InChI=1S/C14H19N3O3/c1-10-11(14(19)20)5-6-12(16-10)15-9-13(18)17-7-3-2-4-8-17/h5-6H,2-4,7-9H2,1H3,(H,15,16)(H,19,20). The van der Waals surface area contributed by atoms with Gasteiger partial charge in [0, 0.05) is 13.1 Å². The molecule has 0 radical (unpaired) electrons. The van der Waals surface area contributed by atoms with E-state index in [2.05, 4.69) is 10.3 Å². The number of carboxylic acid groups (broad SMARTS) is 1. The molecule has 1 aliphatic heterocycles. The molecule has 0 atom stereocenters. The molecule has 2 N–H and O–H groups in total. The van der Waals surface area contributed by atoms with Gasteiger partial charge >= 0.3 is 5.97 Å². The molecule has 0 aliphatic carbocycles. The second-order valence-corrected chi connectivity index (χ2v) is 4.93. The second-order valence-electron chi connectivity index (χ2n) is 4.93. The van der Waals surface area contributed by atoms with E-state index in [0.29, 0.717) is 11.5 Å². The summed E-state index contributed by atoms with van der Waals surface area (Å²) in [6.07, 6.45) is 3.32. The minimum atomic E-state index is -0.994. The maximum atomic E-state index is 12.0. The molecule has 1 amide bonds. The number of hydrogen-bond donors (Lipinski definition) is 2. The van der Waals surface area contributed by atoms with E-state index in [1.807, 2.05) is 4.90 Å². The van der Waals surface area contributed by atoms with E-state index in [-0.39, 0.29) is 18.0 Å². The Morgan fingerprint density at radius 3 is 2.60 bits per heavy atom. The van der Waals surface area contributed by atoms with Gasteiger partial charge in [-0.2, -0.15) is 0 Å². The Morgan fingerprint density at radius 2 is 2.00 bits per heavy atom. The normalized spacial score (nSPS) is 14.9. The average molecular weight is 277 g/mol. The molecule has 20 heavy (non-hydrogen) atoms. The Morgan fingerprint density at radius 1 is 1.30 bits per heavy atom. The Hall–Kier alpha value is -2.11. The van der Waals surface area contributed by atoms with Crippen LogP contribution in [0.25, 0.3) is 0 Å². The number of pyridine rings is 1. The van der Waals surface area contributed by atoms with Gasteiger partial charge in [0.2, 0.25) is 5.91 Å². The maximum absolute atomic E-state index is 12.0. The molecule has 0 bridgehead atoms. The summed E-state index contributed by atoms with van der Waals surface area (Å²) in [7, 11) is 0. The third kappa shape index (κ3) is 3.46. The van der Waals surface area contributed by atoms with E-state index in [9.17, 15) is 9.59 Å². The molecule has 108 valence electrons. The van der Waals surface area contributed by atoms with Crippen molar-refractivity contribution in [3.8, 4) is 0 Å². The highest BCUT2D eigenvalue weighted by Crippen LogP contribution is 2.12. The first-order valence-corrected chi connectivity index (χ1v) is 6.80. The average Bonchev–Trinajstić information content (AvgIpc) is 2.45. The Labute approximate surface area is 117 Å². The van der Waals surface area contributed by atoms with Crippen LogP contribution in [0.2, 0.25) is 0 Å². The van der Waals surface area contributed by atoms with Gasteiger partial charge in [0.05, 0.1) is 17.8 Å². The quantitative estimate of drug-likeness (QED) is 0.871. The molecule has 1 aromatic rings. The lowest BCUT2D eigenvalue weighted by Crippen LogP contribution is -2.39. The molecule has 1 saturated heterocycles. The van der Waals surface area contributed by atoms with Crippen LogP contribution in [-0.2, 0) is 4.79 Å². The number of carbonyl (C=O) groups is 2. The summed E-state index contributed by atoms with van der Waals surface area (Å²) >= 11 is 0. The fourth-order valence-electron chi connectivity index (χ4n) is 2.31. The van der Waals surface area contributed by atoms with Crippen molar-refractivity contribution in [1.82, 2.24) is 9.88 Å². The van der Waals surface area contributed by atoms with Gasteiger partial charge in [-0.1, -0.05) is 0 Å². The van der Waals surface area contributed by atoms with Crippen LogP contribution in [0, 0.1) is 6.92 Å². The number of nitrogens with zero attached hydrogens (tertiary/aromatic N) is 2. The molecule has 6 nitrogen and oxygen atoms in total. The SMILES string of the molecule is Cc1nc(NCC(=O)N2CCCCC2)ccc1C(=O)O. The number of aromatic nitrogens is 1. The van der Waals surface area contributed by atoms with Crippen molar-refractivity contribution >= 4 is 17.7 Å². The summed E-state index contributed by atoms with van der Waals surface area (Å²) < 4.78 is 0. The largest absolute Gasteiger partial charge is 0.478 e. The molecule has 1 aromatic heterocycles. The van der Waals surface area contributed by atoms with E-state index in [4.69, 9.17) is 5.11 Å². The van der Waals surface area contributed by atoms with Gasteiger partial charge in [0.1, 0.15) is 5.82 Å². The number of carboxylic acids is 1. The number of aryl methyl sites for hydroxylation is 1. The van der Waals surface area contributed by atoms with Crippen molar-refractivity contribution in [3.05, 3.63) is 23.4 Å². The number of amides is 1. The molecule has 6 heteroatoms. The van der Waals surface area contributed by atoms with Gasteiger partial charge in [0.15, 0.2) is 0 Å². The molecular formula is C14H19N3O3. The van der Waals surface area contributed by atoms with Crippen LogP contribution in [0.3, 0.4) is 0 Å². The number of carbonyl (C=O) groups excluding carboxylic acids is 1. The number of likely N-dealkylation sites (tertiary alicyclic amines) is 1. The first-order valence-electron chi connectivity index (χ1n) is 6.80. The van der Waals surface area contributed by atoms with E-state index in [0.717, 1.165) is 25.9 Å². The van der Waals surface area contributed by atoms with Crippen molar-refractivity contribution in [2.45, 2.75) is 26.2 Å². The molecule has 1 fully saturated rings. The lowest BCUT2D eigenvalue weighted by Gasteiger charge is -2.26. The van der Waals surface area contributed by atoms with Crippen molar-refractivity contribution in [2.75, 3.05) is 25.0 Å². The first-order chi connectivity index (χ1) is 9.58. The smallest absolute Gasteiger partial charge is 0.337 e. The molecule has 2 heterocycles. The fraction of sp³-hybridized carbons (Fsp3) is 0.500. The van der Waals surface area contributed by atoms with E-state index >= 15 is 0 Å². The Bertz CT molecular complexity index is 510. The molecular weight excluding hydrogens is 258 g/mol. The second kappa shape index (κ2) is 6.36. The van der Waals surface area contributed by atoms with Gasteiger partial charge in [0.25, 0.3) is 0 Å². The zero-order chi connectivity index (χ0) is 14.5. The Kier molecular flexibility index (Phi) is 4.55. The van der Waals surface area contributed by atoms with Crippen molar-refractivity contribution < 1.29 is 14.7 Å². The highest BCUT2D eigenvalue weighted by atomic mass is 16.4. The monoisotopic (exact) mass is 277 g/mol. The lowest BCUT2D eigenvalue weighted by atomic mass is 10.1. The molecule has 1 aliphatic rings. The molecule has 0 unspecified atom stereocenters. The van der Waals surface area contributed by atoms with Crippen molar-refractivity contribution in [2.24, 2.45) is 0 Å². The summed E-state index contributed by atoms with van der Waals surface area (Å²) in [6, 6.07) is 3.08. The number of piperidine rings is 1. The van der Waals surface area contributed by atoms with Crippen molar-refractivity contribution in [3.63, 3.8) is 0 Å². The van der Waals surface area contributed by atoms with Crippen LogP contribution in [-0.4, -0.2) is 46.5 Å². The third-order valence-corrected chi connectivity index (χ3v) is 3.45. The number of anilines is 1. The number of aromatic carboxylic acids is 1. The maximum Gasteiger partial charge on any atom is 0.337 e. The minimum absolute atomic E-state index is 0.0615. The zero-order valence-electron chi connectivity index (χ0n) is 11.6. The van der Waals surface area contributed by atoms with Crippen LogP contribution >= 0.6 is 0 Å². The highest BCUT2D eigenvalue weighted by Gasteiger charge is 2.16. The predicted molar refractivity (Wildman–Crippen MR) is 74.9 cm³/mol. The molecule has 0 spiro atoms. The lowest BCUT2D eigenvalue weighted by molar-refractivity contribution is -0.130. The molecule has 2 rings (SSSR count). The number of nitrogens with one attached hydrogen (secondary N) is 1. The van der Waals surface area contributed by atoms with E-state index in [1.165, 1.54) is 12.5 Å². The first kappa shape index (κ1) is 14.3. The zero-order valence-corrected chi connectivity index (χ0v) is 11.6. The predicted octanol–water partition coefficient (Wildman–Crippen LogP) is 1.51. The van der Waals surface area contributed by atoms with E-state index in [1.54, 1.807) is 13.0 Å². The third-order valence-electron chi connectivity index (χ3n) is 3.45. The summed E-state index contributed by atoms with van der Waals surface area (Å²) in [5, 5.41) is 11.9. The van der Waals surface area contributed by atoms with E-state index < -0.39 is 5.97 Å². The van der Waals surface area contributed by atoms with Gasteiger partial charge in [-0.3, -0.25) is 4.79 Å². The fourth-order valence-corrected chi connectivity index (χ4v) is 2.31. The van der Waals surface area contributed by atoms with Gasteiger partial charge in [-0.05, 0) is 38.3 Å². The summed E-state index contributed by atoms with van der Waals surface area (Å²) in [5.74, 6) is -0.407. The van der Waals surface area contributed by atoms with Gasteiger partial charge in [-0.25, -0.2) is 9.78 Å². The summed E-state index contributed by atoms with van der Waals surface area (Å²) in [6.45, 7) is 3.48.